The number of rotatable bonds is 6. The van der Waals surface area contributed by atoms with E-state index >= 15 is 0 Å². The lowest BCUT2D eigenvalue weighted by molar-refractivity contribution is 0.394. The van der Waals surface area contributed by atoms with E-state index in [4.69, 9.17) is 11.6 Å². The quantitative estimate of drug-likeness (QED) is 0.774. The van der Waals surface area contributed by atoms with Crippen molar-refractivity contribution in [3.05, 3.63) is 34.6 Å². The minimum absolute atomic E-state index is 0.241. The minimum Gasteiger partial charge on any atom is -0.313 e. The Labute approximate surface area is 101 Å². The summed E-state index contributed by atoms with van der Waals surface area (Å²) in [6, 6.07) is 4.44. The van der Waals surface area contributed by atoms with Crippen LogP contribution in [0.1, 0.15) is 12.0 Å². The Morgan fingerprint density at radius 2 is 2.12 bits per heavy atom. The van der Waals surface area contributed by atoms with Gasteiger partial charge in [0, 0.05) is 11.6 Å². The van der Waals surface area contributed by atoms with Crippen molar-refractivity contribution in [3.8, 4) is 0 Å². The molecule has 0 bridgehead atoms. The summed E-state index contributed by atoms with van der Waals surface area (Å²) in [6.07, 6.45) is 1.07. The number of benzene rings is 1. The van der Waals surface area contributed by atoms with Gasteiger partial charge in [-0.2, -0.15) is 0 Å². The third-order valence-electron chi connectivity index (χ3n) is 2.28. The van der Waals surface area contributed by atoms with E-state index in [1.165, 1.54) is 12.1 Å². The number of hydrogen-bond acceptors (Lipinski definition) is 2. The number of nitrogens with one attached hydrogen (secondary N) is 1. The van der Waals surface area contributed by atoms with Gasteiger partial charge in [0.25, 0.3) is 0 Å². The van der Waals surface area contributed by atoms with Crippen LogP contribution in [0.3, 0.4) is 0 Å². The molecule has 0 fully saturated rings. The van der Waals surface area contributed by atoms with Gasteiger partial charge in [-0.25, -0.2) is 4.39 Å². The van der Waals surface area contributed by atoms with Crippen LogP contribution in [0.5, 0.6) is 0 Å². The van der Waals surface area contributed by atoms with Crippen molar-refractivity contribution in [1.29, 1.82) is 0 Å². The number of nitrogens with zero attached hydrogens (tertiary/aromatic N) is 1. The lowest BCUT2D eigenvalue weighted by Crippen LogP contribution is -2.21. The molecule has 1 aromatic carbocycles. The summed E-state index contributed by atoms with van der Waals surface area (Å²) >= 11 is 5.94. The summed E-state index contributed by atoms with van der Waals surface area (Å²) in [5.41, 5.74) is 0.812. The molecular formula is C12H18ClFN2. The van der Waals surface area contributed by atoms with Gasteiger partial charge in [0.15, 0.2) is 0 Å². The Balaban J connectivity index is 2.29. The van der Waals surface area contributed by atoms with Gasteiger partial charge in [0.1, 0.15) is 5.82 Å². The highest BCUT2D eigenvalue weighted by atomic mass is 35.5. The average Bonchev–Trinajstić information content (AvgIpc) is 2.22. The molecule has 0 saturated heterocycles. The van der Waals surface area contributed by atoms with Gasteiger partial charge in [-0.05, 0) is 57.4 Å². The lowest BCUT2D eigenvalue weighted by atomic mass is 10.2. The molecular weight excluding hydrogens is 227 g/mol. The van der Waals surface area contributed by atoms with Crippen LogP contribution in [0, 0.1) is 5.82 Å². The van der Waals surface area contributed by atoms with Crippen molar-refractivity contribution in [2.75, 3.05) is 27.2 Å². The van der Waals surface area contributed by atoms with E-state index in [1.807, 2.05) is 14.1 Å². The molecule has 2 nitrogen and oxygen atoms in total. The maximum absolute atomic E-state index is 12.9. The molecule has 0 aliphatic carbocycles. The van der Waals surface area contributed by atoms with Crippen LogP contribution >= 0.6 is 11.6 Å². The zero-order valence-corrected chi connectivity index (χ0v) is 10.5. The normalized spacial score (nSPS) is 11.1. The molecule has 0 aliphatic heterocycles. The molecule has 1 aromatic rings. The highest BCUT2D eigenvalue weighted by molar-refractivity contribution is 6.31. The molecule has 0 aliphatic rings. The van der Waals surface area contributed by atoms with Crippen molar-refractivity contribution < 1.29 is 4.39 Å². The molecule has 0 aromatic heterocycles. The largest absolute Gasteiger partial charge is 0.313 e. The fraction of sp³-hybridized carbons (Fsp3) is 0.500. The second-order valence-electron chi connectivity index (χ2n) is 4.07. The van der Waals surface area contributed by atoms with Crippen LogP contribution in [-0.4, -0.2) is 32.1 Å². The van der Waals surface area contributed by atoms with Gasteiger partial charge in [-0.1, -0.05) is 11.6 Å². The topological polar surface area (TPSA) is 15.3 Å². The first-order valence-corrected chi connectivity index (χ1v) is 5.77. The van der Waals surface area contributed by atoms with Crippen LogP contribution in [0.25, 0.3) is 0 Å². The highest BCUT2D eigenvalue weighted by Crippen LogP contribution is 2.16. The Morgan fingerprint density at radius 3 is 2.81 bits per heavy atom. The molecule has 0 amide bonds. The van der Waals surface area contributed by atoms with Crippen molar-refractivity contribution in [2.45, 2.75) is 13.0 Å². The van der Waals surface area contributed by atoms with Crippen LogP contribution in [0.2, 0.25) is 5.02 Å². The molecule has 4 heteroatoms. The summed E-state index contributed by atoms with van der Waals surface area (Å²) in [5.74, 6) is -0.241. The van der Waals surface area contributed by atoms with Crippen molar-refractivity contribution in [1.82, 2.24) is 10.2 Å². The molecule has 16 heavy (non-hydrogen) atoms. The first kappa shape index (κ1) is 13.4. The van der Waals surface area contributed by atoms with Crippen LogP contribution < -0.4 is 5.32 Å². The number of hydrogen-bond donors (Lipinski definition) is 1. The van der Waals surface area contributed by atoms with E-state index in [-0.39, 0.29) is 5.82 Å². The second kappa shape index (κ2) is 6.84. The molecule has 0 saturated carbocycles. The van der Waals surface area contributed by atoms with Gasteiger partial charge in [0.05, 0.1) is 0 Å². The van der Waals surface area contributed by atoms with E-state index < -0.39 is 0 Å². The molecule has 0 atom stereocenters. The van der Waals surface area contributed by atoms with E-state index in [9.17, 15) is 4.39 Å². The van der Waals surface area contributed by atoms with E-state index in [0.717, 1.165) is 25.1 Å². The summed E-state index contributed by atoms with van der Waals surface area (Å²) in [6.45, 7) is 2.57. The predicted molar refractivity (Wildman–Crippen MR) is 66.3 cm³/mol. The summed E-state index contributed by atoms with van der Waals surface area (Å²) in [4.78, 5) is 2.14. The monoisotopic (exact) mass is 244 g/mol. The first-order chi connectivity index (χ1) is 7.59. The van der Waals surface area contributed by atoms with E-state index in [0.29, 0.717) is 11.6 Å². The Morgan fingerprint density at radius 1 is 1.38 bits per heavy atom. The summed E-state index contributed by atoms with van der Waals surface area (Å²) < 4.78 is 12.9. The van der Waals surface area contributed by atoms with Crippen LogP contribution in [0.4, 0.5) is 4.39 Å². The van der Waals surface area contributed by atoms with E-state index in [1.54, 1.807) is 6.07 Å². The van der Waals surface area contributed by atoms with Gasteiger partial charge in [-0.3, -0.25) is 0 Å². The van der Waals surface area contributed by atoms with E-state index in [2.05, 4.69) is 10.2 Å². The predicted octanol–water partition coefficient (Wildman–Crippen LogP) is 2.52. The van der Waals surface area contributed by atoms with Gasteiger partial charge in [0.2, 0.25) is 0 Å². The Hall–Kier alpha value is -0.640. The fourth-order valence-electron chi connectivity index (χ4n) is 1.42. The number of halogens is 2. The second-order valence-corrected chi connectivity index (χ2v) is 4.48. The maximum atomic E-state index is 12.9. The smallest absolute Gasteiger partial charge is 0.123 e. The molecule has 0 heterocycles. The van der Waals surface area contributed by atoms with Crippen molar-refractivity contribution in [3.63, 3.8) is 0 Å². The third-order valence-corrected chi connectivity index (χ3v) is 2.65. The summed E-state index contributed by atoms with van der Waals surface area (Å²) in [7, 11) is 4.09. The highest BCUT2D eigenvalue weighted by Gasteiger charge is 2.01. The minimum atomic E-state index is -0.241. The molecule has 1 N–H and O–H groups in total. The average molecular weight is 245 g/mol. The first-order valence-electron chi connectivity index (χ1n) is 5.39. The Bertz CT molecular complexity index is 329. The SMILES string of the molecule is CN(C)CCCNCc1cc(F)ccc1Cl. The van der Waals surface area contributed by atoms with Crippen molar-refractivity contribution in [2.24, 2.45) is 0 Å². The molecule has 0 unspecified atom stereocenters. The zero-order chi connectivity index (χ0) is 12.0. The lowest BCUT2D eigenvalue weighted by Gasteiger charge is -2.10. The van der Waals surface area contributed by atoms with Crippen molar-refractivity contribution >= 4 is 11.6 Å². The van der Waals surface area contributed by atoms with Crippen LogP contribution in [-0.2, 0) is 6.54 Å². The van der Waals surface area contributed by atoms with Gasteiger partial charge >= 0.3 is 0 Å². The molecule has 0 radical (unpaired) electrons. The van der Waals surface area contributed by atoms with Crippen LogP contribution in [0.15, 0.2) is 18.2 Å². The zero-order valence-electron chi connectivity index (χ0n) is 9.76. The molecule has 90 valence electrons. The Kier molecular flexibility index (Phi) is 5.74. The summed E-state index contributed by atoms with van der Waals surface area (Å²) in [5, 5.41) is 3.86. The standard InChI is InChI=1S/C12H18ClFN2/c1-16(2)7-3-6-15-9-10-8-11(14)4-5-12(10)13/h4-5,8,15H,3,6-7,9H2,1-2H3. The van der Waals surface area contributed by atoms with Gasteiger partial charge < -0.3 is 10.2 Å². The fourth-order valence-corrected chi connectivity index (χ4v) is 1.61. The molecule has 0 spiro atoms. The molecule has 1 rings (SSSR count). The third kappa shape index (κ3) is 4.92. The van der Waals surface area contributed by atoms with Gasteiger partial charge in [-0.15, -0.1) is 0 Å². The maximum Gasteiger partial charge on any atom is 0.123 e.